The molecule has 24 heavy (non-hydrogen) atoms. The molecule has 1 amide bonds. The van der Waals surface area contributed by atoms with Gasteiger partial charge in [-0.15, -0.1) is 11.3 Å². The normalized spacial score (nSPS) is 15.2. The number of amides is 1. The second-order valence-electron chi connectivity index (χ2n) is 6.66. The van der Waals surface area contributed by atoms with Crippen LogP contribution < -0.4 is 10.1 Å². The van der Waals surface area contributed by atoms with Crippen LogP contribution in [0.5, 0.6) is 5.75 Å². The zero-order chi connectivity index (χ0) is 16.9. The molecule has 2 aromatic rings. The van der Waals surface area contributed by atoms with E-state index in [4.69, 9.17) is 4.74 Å². The molecule has 1 aliphatic rings. The average Bonchev–Trinajstić information content (AvgIpc) is 3.06. The lowest BCUT2D eigenvalue weighted by Crippen LogP contribution is -2.35. The van der Waals surface area contributed by atoms with Crippen LogP contribution in [0, 0.1) is 13.8 Å². The van der Waals surface area contributed by atoms with Crippen molar-refractivity contribution in [3.05, 3.63) is 51.2 Å². The molecule has 128 valence electrons. The highest BCUT2D eigenvalue weighted by atomic mass is 32.1. The minimum Gasteiger partial charge on any atom is -0.489 e. The van der Waals surface area contributed by atoms with E-state index in [2.05, 4.69) is 31.3 Å². The van der Waals surface area contributed by atoms with Gasteiger partial charge in [-0.05, 0) is 61.4 Å². The number of rotatable bonds is 5. The lowest BCUT2D eigenvalue weighted by Gasteiger charge is -2.22. The van der Waals surface area contributed by atoms with E-state index in [0.717, 1.165) is 29.0 Å². The highest BCUT2D eigenvalue weighted by Crippen LogP contribution is 2.22. The summed E-state index contributed by atoms with van der Waals surface area (Å²) in [6.07, 6.45) is 5.97. The van der Waals surface area contributed by atoms with Crippen molar-refractivity contribution in [2.75, 3.05) is 0 Å². The second-order valence-corrected chi connectivity index (χ2v) is 7.57. The van der Waals surface area contributed by atoms with Crippen molar-refractivity contribution in [2.45, 2.75) is 58.6 Å². The van der Waals surface area contributed by atoms with E-state index in [9.17, 15) is 4.79 Å². The fraction of sp³-hybridized carbons (Fsp3) is 0.450. The van der Waals surface area contributed by atoms with Gasteiger partial charge in [0.25, 0.3) is 5.91 Å². The van der Waals surface area contributed by atoms with E-state index in [1.54, 1.807) is 0 Å². The first-order valence-electron chi connectivity index (χ1n) is 8.70. The van der Waals surface area contributed by atoms with E-state index in [-0.39, 0.29) is 5.91 Å². The standard InChI is InChI=1S/C20H25NO2S/c1-14-8-9-18(10-15(14)2)23-12-16-11-19(24-13-16)20(22)21-17-6-4-3-5-7-17/h8-11,13,17H,3-7,12H2,1-2H3,(H,21,22). The summed E-state index contributed by atoms with van der Waals surface area (Å²) in [6, 6.07) is 8.42. The van der Waals surface area contributed by atoms with Gasteiger partial charge in [-0.2, -0.15) is 0 Å². The first-order valence-corrected chi connectivity index (χ1v) is 9.58. The molecule has 1 fully saturated rings. The molecule has 1 aromatic carbocycles. The Morgan fingerprint density at radius 1 is 1.17 bits per heavy atom. The molecule has 0 saturated heterocycles. The molecule has 0 bridgehead atoms. The van der Waals surface area contributed by atoms with Gasteiger partial charge in [-0.3, -0.25) is 4.79 Å². The van der Waals surface area contributed by atoms with Crippen LogP contribution in [0.15, 0.2) is 29.6 Å². The van der Waals surface area contributed by atoms with E-state index in [1.165, 1.54) is 41.7 Å². The Kier molecular flexibility index (Phi) is 5.56. The maximum Gasteiger partial charge on any atom is 0.261 e. The summed E-state index contributed by atoms with van der Waals surface area (Å²) in [6.45, 7) is 4.67. The number of hydrogen-bond donors (Lipinski definition) is 1. The van der Waals surface area contributed by atoms with E-state index in [1.807, 2.05) is 17.5 Å². The summed E-state index contributed by atoms with van der Waals surface area (Å²) < 4.78 is 5.85. The minimum atomic E-state index is 0.0596. The number of aryl methyl sites for hydroxylation is 2. The van der Waals surface area contributed by atoms with E-state index >= 15 is 0 Å². The van der Waals surface area contributed by atoms with Gasteiger partial charge in [0.1, 0.15) is 12.4 Å². The minimum absolute atomic E-state index is 0.0596. The number of carbonyl (C=O) groups is 1. The third-order valence-electron chi connectivity index (χ3n) is 4.70. The molecule has 3 rings (SSSR count). The first-order chi connectivity index (χ1) is 11.6. The average molecular weight is 343 g/mol. The number of hydrogen-bond acceptors (Lipinski definition) is 3. The second kappa shape index (κ2) is 7.84. The van der Waals surface area contributed by atoms with Gasteiger partial charge in [0.2, 0.25) is 0 Å². The molecule has 0 radical (unpaired) electrons. The third kappa shape index (κ3) is 4.38. The Balaban J connectivity index is 1.54. The largest absolute Gasteiger partial charge is 0.489 e. The van der Waals surface area contributed by atoms with Gasteiger partial charge in [-0.25, -0.2) is 0 Å². The van der Waals surface area contributed by atoms with Crippen LogP contribution in [-0.2, 0) is 6.61 Å². The van der Waals surface area contributed by atoms with Crippen LogP contribution in [0.1, 0.15) is 58.5 Å². The Labute approximate surface area is 148 Å². The fourth-order valence-corrected chi connectivity index (χ4v) is 3.84. The topological polar surface area (TPSA) is 38.3 Å². The van der Waals surface area contributed by atoms with Crippen LogP contribution in [0.25, 0.3) is 0 Å². The third-order valence-corrected chi connectivity index (χ3v) is 5.68. The zero-order valence-electron chi connectivity index (χ0n) is 14.4. The highest BCUT2D eigenvalue weighted by molar-refractivity contribution is 7.12. The Morgan fingerprint density at radius 3 is 2.71 bits per heavy atom. The van der Waals surface area contributed by atoms with Crippen molar-refractivity contribution in [2.24, 2.45) is 0 Å². The molecule has 1 N–H and O–H groups in total. The summed E-state index contributed by atoms with van der Waals surface area (Å²) in [5.41, 5.74) is 3.54. The van der Waals surface area contributed by atoms with Crippen molar-refractivity contribution in [1.29, 1.82) is 0 Å². The Morgan fingerprint density at radius 2 is 1.96 bits per heavy atom. The summed E-state index contributed by atoms with van der Waals surface area (Å²) in [4.78, 5) is 13.1. The van der Waals surface area contributed by atoms with Crippen LogP contribution in [0.4, 0.5) is 0 Å². The van der Waals surface area contributed by atoms with Crippen LogP contribution in [-0.4, -0.2) is 11.9 Å². The summed E-state index contributed by atoms with van der Waals surface area (Å²) in [7, 11) is 0. The predicted molar refractivity (Wildman–Crippen MR) is 98.9 cm³/mol. The molecule has 0 spiro atoms. The Bertz CT molecular complexity index is 701. The van der Waals surface area contributed by atoms with Gasteiger partial charge in [-0.1, -0.05) is 25.3 Å². The predicted octanol–water partition coefficient (Wildman–Crippen LogP) is 5.01. The molecule has 1 aliphatic carbocycles. The molecule has 3 nitrogen and oxygen atoms in total. The van der Waals surface area contributed by atoms with Crippen LogP contribution >= 0.6 is 11.3 Å². The van der Waals surface area contributed by atoms with Crippen molar-refractivity contribution < 1.29 is 9.53 Å². The maximum atomic E-state index is 12.3. The van der Waals surface area contributed by atoms with E-state index in [0.29, 0.717) is 12.6 Å². The maximum absolute atomic E-state index is 12.3. The van der Waals surface area contributed by atoms with Gasteiger partial charge in [0.05, 0.1) is 4.88 Å². The summed E-state index contributed by atoms with van der Waals surface area (Å²) in [5.74, 6) is 0.932. The summed E-state index contributed by atoms with van der Waals surface area (Å²) in [5, 5.41) is 5.18. The van der Waals surface area contributed by atoms with Crippen LogP contribution in [0.2, 0.25) is 0 Å². The molecular weight excluding hydrogens is 318 g/mol. The Hall–Kier alpha value is -1.81. The van der Waals surface area contributed by atoms with Crippen molar-refractivity contribution in [3.8, 4) is 5.75 Å². The SMILES string of the molecule is Cc1ccc(OCc2csc(C(=O)NC3CCCCC3)c2)cc1C. The highest BCUT2D eigenvalue weighted by Gasteiger charge is 2.17. The number of thiophene rings is 1. The molecule has 1 heterocycles. The number of carbonyl (C=O) groups excluding carboxylic acids is 1. The molecule has 1 aromatic heterocycles. The number of nitrogens with one attached hydrogen (secondary N) is 1. The smallest absolute Gasteiger partial charge is 0.261 e. The van der Waals surface area contributed by atoms with Crippen molar-refractivity contribution in [3.63, 3.8) is 0 Å². The number of ether oxygens (including phenoxy) is 1. The molecule has 0 unspecified atom stereocenters. The zero-order valence-corrected chi connectivity index (χ0v) is 15.2. The lowest BCUT2D eigenvalue weighted by atomic mass is 9.95. The molecular formula is C20H25NO2S. The van der Waals surface area contributed by atoms with Gasteiger partial charge < -0.3 is 10.1 Å². The molecule has 1 saturated carbocycles. The van der Waals surface area contributed by atoms with E-state index < -0.39 is 0 Å². The summed E-state index contributed by atoms with van der Waals surface area (Å²) >= 11 is 1.49. The molecule has 4 heteroatoms. The molecule has 0 aliphatic heterocycles. The first kappa shape index (κ1) is 17.0. The van der Waals surface area contributed by atoms with Gasteiger partial charge in [0, 0.05) is 11.6 Å². The fourth-order valence-electron chi connectivity index (χ4n) is 3.04. The van der Waals surface area contributed by atoms with Gasteiger partial charge in [0.15, 0.2) is 0 Å². The lowest BCUT2D eigenvalue weighted by molar-refractivity contribution is 0.0932. The number of benzene rings is 1. The van der Waals surface area contributed by atoms with Crippen molar-refractivity contribution >= 4 is 17.2 Å². The van der Waals surface area contributed by atoms with Crippen LogP contribution in [0.3, 0.4) is 0 Å². The molecule has 0 atom stereocenters. The monoisotopic (exact) mass is 343 g/mol. The van der Waals surface area contributed by atoms with Crippen molar-refractivity contribution in [1.82, 2.24) is 5.32 Å². The quantitative estimate of drug-likeness (QED) is 0.829. The van der Waals surface area contributed by atoms with Gasteiger partial charge >= 0.3 is 0 Å².